The lowest BCUT2D eigenvalue weighted by atomic mass is 9.97. The van der Waals surface area contributed by atoms with E-state index in [1.165, 1.54) is 5.56 Å². The summed E-state index contributed by atoms with van der Waals surface area (Å²) in [5.74, 6) is 0.973. The number of ether oxygens (including phenoxy) is 1. The van der Waals surface area contributed by atoms with Crippen molar-refractivity contribution in [2.24, 2.45) is 0 Å². The van der Waals surface area contributed by atoms with Crippen LogP contribution >= 0.6 is 0 Å². The summed E-state index contributed by atoms with van der Waals surface area (Å²) in [7, 11) is 0. The first-order chi connectivity index (χ1) is 6.81. The minimum absolute atomic E-state index is 0.0118. The predicted octanol–water partition coefficient (Wildman–Crippen LogP) is 2.31. The maximum atomic E-state index is 10.6. The molecule has 1 atom stereocenters. The average molecular weight is 190 g/mol. The normalized spacial score (nSPS) is 16.6. The molecule has 1 unspecified atom stereocenters. The molecule has 2 rings (SSSR count). The molecule has 1 aliphatic rings. The zero-order valence-electron chi connectivity index (χ0n) is 8.32. The second kappa shape index (κ2) is 3.82. The molecule has 1 aromatic carbocycles. The van der Waals surface area contributed by atoms with E-state index in [-0.39, 0.29) is 5.92 Å². The van der Waals surface area contributed by atoms with E-state index >= 15 is 0 Å². The quantitative estimate of drug-likeness (QED) is 0.669. The number of hydrogen-bond donors (Lipinski definition) is 0. The van der Waals surface area contributed by atoms with Crippen molar-refractivity contribution < 1.29 is 9.53 Å². The van der Waals surface area contributed by atoms with Crippen LogP contribution in [0.2, 0.25) is 0 Å². The first-order valence-corrected chi connectivity index (χ1v) is 5.02. The number of fused-ring (bicyclic) bond motifs is 1. The number of aryl methyl sites for hydroxylation is 1. The van der Waals surface area contributed by atoms with Crippen LogP contribution in [0.5, 0.6) is 5.75 Å². The van der Waals surface area contributed by atoms with Gasteiger partial charge in [0, 0.05) is 5.92 Å². The van der Waals surface area contributed by atoms with Crippen LogP contribution in [0.4, 0.5) is 0 Å². The Kier molecular flexibility index (Phi) is 2.53. The largest absolute Gasteiger partial charge is 0.493 e. The van der Waals surface area contributed by atoms with Crippen molar-refractivity contribution in [2.45, 2.75) is 25.7 Å². The highest BCUT2D eigenvalue weighted by Crippen LogP contribution is 2.27. The third-order valence-corrected chi connectivity index (χ3v) is 2.66. The van der Waals surface area contributed by atoms with Gasteiger partial charge in [-0.3, -0.25) is 0 Å². The smallest absolute Gasteiger partial charge is 0.127 e. The number of hydrogen-bond acceptors (Lipinski definition) is 2. The van der Waals surface area contributed by atoms with Crippen molar-refractivity contribution >= 4 is 6.29 Å². The molecule has 0 radical (unpaired) electrons. The molecule has 1 aromatic rings. The predicted molar refractivity (Wildman–Crippen MR) is 54.7 cm³/mol. The highest BCUT2D eigenvalue weighted by Gasteiger charge is 2.12. The second-order valence-corrected chi connectivity index (χ2v) is 3.74. The van der Waals surface area contributed by atoms with Crippen molar-refractivity contribution in [3.8, 4) is 5.75 Å². The average Bonchev–Trinajstić information content (AvgIpc) is 2.27. The Balaban J connectivity index is 2.33. The lowest BCUT2D eigenvalue weighted by Crippen LogP contribution is -2.09. The fourth-order valence-electron chi connectivity index (χ4n) is 1.74. The molecule has 0 aliphatic carbocycles. The Morgan fingerprint density at radius 3 is 3.14 bits per heavy atom. The first kappa shape index (κ1) is 9.25. The van der Waals surface area contributed by atoms with E-state index in [0.717, 1.165) is 37.0 Å². The van der Waals surface area contributed by atoms with E-state index in [4.69, 9.17) is 4.74 Å². The monoisotopic (exact) mass is 190 g/mol. The molecule has 0 aromatic heterocycles. The Labute approximate surface area is 83.9 Å². The van der Waals surface area contributed by atoms with E-state index in [0.29, 0.717) is 0 Å². The maximum Gasteiger partial charge on any atom is 0.127 e. The van der Waals surface area contributed by atoms with Gasteiger partial charge in [0.2, 0.25) is 0 Å². The van der Waals surface area contributed by atoms with Gasteiger partial charge < -0.3 is 9.53 Å². The third-order valence-electron chi connectivity index (χ3n) is 2.66. The topological polar surface area (TPSA) is 26.3 Å². The van der Waals surface area contributed by atoms with Gasteiger partial charge >= 0.3 is 0 Å². The molecule has 14 heavy (non-hydrogen) atoms. The number of aldehydes is 1. The van der Waals surface area contributed by atoms with E-state index in [1.54, 1.807) is 0 Å². The van der Waals surface area contributed by atoms with Crippen LogP contribution in [-0.4, -0.2) is 12.9 Å². The lowest BCUT2D eigenvalue weighted by molar-refractivity contribution is -0.108. The molecular weight excluding hydrogens is 176 g/mol. The van der Waals surface area contributed by atoms with Crippen LogP contribution in [0.1, 0.15) is 30.4 Å². The summed E-state index contributed by atoms with van der Waals surface area (Å²) in [6, 6.07) is 6.04. The molecule has 0 saturated heterocycles. The van der Waals surface area contributed by atoms with E-state index < -0.39 is 0 Å². The summed E-state index contributed by atoms with van der Waals surface area (Å²) in [6.07, 6.45) is 3.12. The van der Waals surface area contributed by atoms with Crippen LogP contribution in [0.25, 0.3) is 0 Å². The van der Waals surface area contributed by atoms with Crippen LogP contribution in [0.15, 0.2) is 18.2 Å². The molecule has 1 heterocycles. The summed E-state index contributed by atoms with van der Waals surface area (Å²) in [5, 5.41) is 0. The Morgan fingerprint density at radius 1 is 1.50 bits per heavy atom. The van der Waals surface area contributed by atoms with Crippen molar-refractivity contribution in [1.82, 2.24) is 0 Å². The molecule has 0 spiro atoms. The SMILES string of the molecule is CC(C=O)c1ccc2c(c1)CCCO2. The lowest BCUT2D eigenvalue weighted by Gasteiger charge is -2.18. The molecule has 2 nitrogen and oxygen atoms in total. The van der Waals surface area contributed by atoms with Crippen LogP contribution in [0, 0.1) is 0 Å². The summed E-state index contributed by atoms with van der Waals surface area (Å²) < 4.78 is 5.50. The van der Waals surface area contributed by atoms with E-state index in [9.17, 15) is 4.79 Å². The standard InChI is InChI=1S/C12H14O2/c1-9(8-13)10-4-5-12-11(7-10)3-2-6-14-12/h4-5,7-9H,2-3,6H2,1H3. The zero-order valence-corrected chi connectivity index (χ0v) is 8.32. The Morgan fingerprint density at radius 2 is 2.36 bits per heavy atom. The molecule has 74 valence electrons. The number of benzene rings is 1. The maximum absolute atomic E-state index is 10.6. The van der Waals surface area contributed by atoms with Crippen molar-refractivity contribution in [3.63, 3.8) is 0 Å². The van der Waals surface area contributed by atoms with Crippen LogP contribution < -0.4 is 4.74 Å². The van der Waals surface area contributed by atoms with Gasteiger partial charge in [0.25, 0.3) is 0 Å². The molecule has 2 heteroatoms. The van der Waals surface area contributed by atoms with Gasteiger partial charge in [0.15, 0.2) is 0 Å². The summed E-state index contributed by atoms with van der Waals surface area (Å²) in [4.78, 5) is 10.6. The summed E-state index contributed by atoms with van der Waals surface area (Å²) >= 11 is 0. The highest BCUT2D eigenvalue weighted by atomic mass is 16.5. The summed E-state index contributed by atoms with van der Waals surface area (Å²) in [6.45, 7) is 2.73. The fourth-order valence-corrected chi connectivity index (χ4v) is 1.74. The fraction of sp³-hybridized carbons (Fsp3) is 0.417. The van der Waals surface area contributed by atoms with Crippen LogP contribution in [0.3, 0.4) is 0 Å². The molecule has 0 amide bonds. The van der Waals surface area contributed by atoms with Gasteiger partial charge in [0.05, 0.1) is 6.61 Å². The van der Waals surface area contributed by atoms with Crippen molar-refractivity contribution in [3.05, 3.63) is 29.3 Å². The van der Waals surface area contributed by atoms with Crippen LogP contribution in [-0.2, 0) is 11.2 Å². The first-order valence-electron chi connectivity index (χ1n) is 5.02. The number of rotatable bonds is 2. The molecule has 0 saturated carbocycles. The zero-order chi connectivity index (χ0) is 9.97. The van der Waals surface area contributed by atoms with Crippen molar-refractivity contribution in [2.75, 3.05) is 6.61 Å². The van der Waals surface area contributed by atoms with Gasteiger partial charge in [-0.25, -0.2) is 0 Å². The molecule has 0 N–H and O–H groups in total. The highest BCUT2D eigenvalue weighted by molar-refractivity contribution is 5.62. The van der Waals surface area contributed by atoms with Gasteiger partial charge in [-0.1, -0.05) is 19.1 Å². The number of carbonyl (C=O) groups excluding carboxylic acids is 1. The van der Waals surface area contributed by atoms with E-state index in [2.05, 4.69) is 6.07 Å². The second-order valence-electron chi connectivity index (χ2n) is 3.74. The molecule has 0 fully saturated rings. The minimum atomic E-state index is -0.0118. The van der Waals surface area contributed by atoms with Gasteiger partial charge in [-0.15, -0.1) is 0 Å². The van der Waals surface area contributed by atoms with Gasteiger partial charge in [-0.05, 0) is 30.0 Å². The number of carbonyl (C=O) groups is 1. The molecule has 1 aliphatic heterocycles. The summed E-state index contributed by atoms with van der Waals surface area (Å²) in [5.41, 5.74) is 2.33. The Bertz CT molecular complexity index is 344. The molecule has 0 bridgehead atoms. The van der Waals surface area contributed by atoms with Gasteiger partial charge in [-0.2, -0.15) is 0 Å². The minimum Gasteiger partial charge on any atom is -0.493 e. The van der Waals surface area contributed by atoms with Gasteiger partial charge in [0.1, 0.15) is 12.0 Å². The van der Waals surface area contributed by atoms with Crippen molar-refractivity contribution in [1.29, 1.82) is 0 Å². The Hall–Kier alpha value is -1.31. The molecular formula is C12H14O2. The third kappa shape index (κ3) is 1.65. The van der Waals surface area contributed by atoms with E-state index in [1.807, 2.05) is 19.1 Å².